The standard InChI is InChI=1S/C20H21Cl2N3O3/c21-14-3-1-2-13(18(14)22)19-17(26)10-16(15(24-19)11-23-27)25-7-4-20(5-8-25)6-9-28-12-20/h1-3,10,26H,4-9,11-12H2. The molecule has 1 spiro atoms. The van der Waals surface area contributed by atoms with Gasteiger partial charge in [0.25, 0.3) is 0 Å². The summed E-state index contributed by atoms with van der Waals surface area (Å²) in [4.78, 5) is 17.7. The van der Waals surface area contributed by atoms with Gasteiger partial charge in [-0.2, -0.15) is 4.91 Å². The molecule has 3 heterocycles. The molecule has 0 bridgehead atoms. The van der Waals surface area contributed by atoms with Crippen molar-refractivity contribution >= 4 is 28.9 Å². The van der Waals surface area contributed by atoms with Gasteiger partial charge in [-0.05, 0) is 30.7 Å². The van der Waals surface area contributed by atoms with Crippen LogP contribution in [0.2, 0.25) is 10.0 Å². The van der Waals surface area contributed by atoms with Crippen LogP contribution in [0.4, 0.5) is 5.69 Å². The monoisotopic (exact) mass is 421 g/mol. The first kappa shape index (κ1) is 19.4. The Bertz CT molecular complexity index is 891. The summed E-state index contributed by atoms with van der Waals surface area (Å²) in [5.41, 5.74) is 2.35. The van der Waals surface area contributed by atoms with Crippen molar-refractivity contribution in [3.63, 3.8) is 0 Å². The normalized spacial score (nSPS) is 18.6. The van der Waals surface area contributed by atoms with E-state index < -0.39 is 0 Å². The fraction of sp³-hybridized carbons (Fsp3) is 0.450. The van der Waals surface area contributed by atoms with Crippen molar-refractivity contribution in [3.05, 3.63) is 44.9 Å². The summed E-state index contributed by atoms with van der Waals surface area (Å²) in [5.74, 6) is -0.00157. The van der Waals surface area contributed by atoms with Crippen molar-refractivity contribution in [1.29, 1.82) is 0 Å². The number of pyridine rings is 1. The zero-order valence-corrected chi connectivity index (χ0v) is 16.8. The SMILES string of the molecule is O=NCc1nc(-c2cccc(Cl)c2Cl)c(O)cc1N1CCC2(CCOC2)CC1. The largest absolute Gasteiger partial charge is 0.506 e. The lowest BCUT2D eigenvalue weighted by Gasteiger charge is -2.40. The molecule has 0 atom stereocenters. The van der Waals surface area contributed by atoms with Crippen LogP contribution in [0.15, 0.2) is 29.4 Å². The van der Waals surface area contributed by atoms with Gasteiger partial charge in [-0.25, -0.2) is 4.98 Å². The molecule has 0 amide bonds. The third-order valence-corrected chi connectivity index (χ3v) is 6.65. The van der Waals surface area contributed by atoms with Gasteiger partial charge in [-0.3, -0.25) is 0 Å². The number of benzene rings is 1. The minimum Gasteiger partial charge on any atom is -0.506 e. The van der Waals surface area contributed by atoms with E-state index in [2.05, 4.69) is 15.1 Å². The van der Waals surface area contributed by atoms with E-state index in [0.717, 1.165) is 51.3 Å². The minimum atomic E-state index is -0.0778. The molecule has 1 N–H and O–H groups in total. The number of aromatic hydroxyl groups is 1. The third kappa shape index (κ3) is 3.56. The number of aromatic nitrogens is 1. The molecule has 2 saturated heterocycles. The lowest BCUT2D eigenvalue weighted by molar-refractivity contribution is 0.133. The highest BCUT2D eigenvalue weighted by molar-refractivity contribution is 6.43. The Kier molecular flexibility index (Phi) is 5.45. The Morgan fingerprint density at radius 2 is 2.04 bits per heavy atom. The summed E-state index contributed by atoms with van der Waals surface area (Å²) >= 11 is 12.4. The van der Waals surface area contributed by atoms with Crippen LogP contribution in [0.25, 0.3) is 11.3 Å². The first-order valence-electron chi connectivity index (χ1n) is 9.32. The van der Waals surface area contributed by atoms with E-state index in [-0.39, 0.29) is 17.7 Å². The van der Waals surface area contributed by atoms with Crippen molar-refractivity contribution in [2.24, 2.45) is 10.6 Å². The van der Waals surface area contributed by atoms with Gasteiger partial charge < -0.3 is 14.7 Å². The zero-order chi connectivity index (χ0) is 19.7. The van der Waals surface area contributed by atoms with Crippen LogP contribution < -0.4 is 4.90 Å². The Balaban J connectivity index is 1.68. The first-order chi connectivity index (χ1) is 13.5. The van der Waals surface area contributed by atoms with Crippen molar-refractivity contribution < 1.29 is 9.84 Å². The average molecular weight is 422 g/mol. The van der Waals surface area contributed by atoms with Gasteiger partial charge >= 0.3 is 0 Å². The minimum absolute atomic E-state index is 0.00157. The molecule has 6 nitrogen and oxygen atoms in total. The van der Waals surface area contributed by atoms with Crippen molar-refractivity contribution in [2.75, 3.05) is 31.2 Å². The number of rotatable bonds is 4. The van der Waals surface area contributed by atoms with Crippen molar-refractivity contribution in [3.8, 4) is 17.0 Å². The molecule has 2 fully saturated rings. The molecule has 0 radical (unpaired) electrons. The van der Waals surface area contributed by atoms with Crippen LogP contribution in [0.5, 0.6) is 5.75 Å². The van der Waals surface area contributed by atoms with Gasteiger partial charge in [0.1, 0.15) is 18.0 Å². The molecule has 8 heteroatoms. The lowest BCUT2D eigenvalue weighted by atomic mass is 9.78. The van der Waals surface area contributed by atoms with E-state index in [1.165, 1.54) is 0 Å². The van der Waals surface area contributed by atoms with Crippen LogP contribution in [0.3, 0.4) is 0 Å². The van der Waals surface area contributed by atoms with Gasteiger partial charge in [-0.15, -0.1) is 0 Å². The maximum atomic E-state index is 11.0. The van der Waals surface area contributed by atoms with Crippen LogP contribution in [0, 0.1) is 10.3 Å². The summed E-state index contributed by atoms with van der Waals surface area (Å²) in [6, 6.07) is 6.80. The summed E-state index contributed by atoms with van der Waals surface area (Å²) < 4.78 is 5.60. The van der Waals surface area contributed by atoms with Crippen LogP contribution >= 0.6 is 23.2 Å². The maximum absolute atomic E-state index is 11.0. The first-order valence-corrected chi connectivity index (χ1v) is 10.1. The van der Waals surface area contributed by atoms with E-state index in [1.54, 1.807) is 24.3 Å². The van der Waals surface area contributed by atoms with Gasteiger partial charge in [0.15, 0.2) is 0 Å². The van der Waals surface area contributed by atoms with Gasteiger partial charge in [0.2, 0.25) is 0 Å². The maximum Gasteiger partial charge on any atom is 0.144 e. The number of nitroso groups, excluding NO2 is 1. The van der Waals surface area contributed by atoms with E-state index in [9.17, 15) is 10.0 Å². The Hall–Kier alpha value is -1.89. The van der Waals surface area contributed by atoms with Gasteiger partial charge in [0, 0.05) is 31.3 Å². The molecule has 28 heavy (non-hydrogen) atoms. The average Bonchev–Trinajstić information content (AvgIpc) is 3.14. The molecule has 2 aliphatic heterocycles. The number of hydrogen-bond acceptors (Lipinski definition) is 6. The Morgan fingerprint density at radius 3 is 2.71 bits per heavy atom. The zero-order valence-electron chi connectivity index (χ0n) is 15.3. The number of piperidine rings is 1. The fourth-order valence-corrected chi connectivity index (χ4v) is 4.52. The second-order valence-electron chi connectivity index (χ2n) is 7.50. The molecule has 1 aromatic carbocycles. The topological polar surface area (TPSA) is 75.0 Å². The lowest BCUT2D eigenvalue weighted by Crippen LogP contribution is -2.41. The highest BCUT2D eigenvalue weighted by atomic mass is 35.5. The van der Waals surface area contributed by atoms with E-state index in [1.807, 2.05) is 0 Å². The van der Waals surface area contributed by atoms with Crippen LogP contribution in [-0.4, -0.2) is 36.4 Å². The fourth-order valence-electron chi connectivity index (χ4n) is 4.13. The second kappa shape index (κ2) is 7.85. The predicted octanol–water partition coefficient (Wildman–Crippen LogP) is 5.03. The van der Waals surface area contributed by atoms with Gasteiger partial charge in [-0.1, -0.05) is 40.5 Å². The molecule has 0 unspecified atom stereocenters. The molecule has 0 aliphatic carbocycles. The molecule has 2 aromatic rings. The predicted molar refractivity (Wildman–Crippen MR) is 110 cm³/mol. The molecular weight excluding hydrogens is 401 g/mol. The molecule has 1 aromatic heterocycles. The van der Waals surface area contributed by atoms with Crippen LogP contribution in [-0.2, 0) is 11.3 Å². The number of nitrogens with zero attached hydrogens (tertiary/aromatic N) is 3. The summed E-state index contributed by atoms with van der Waals surface area (Å²) in [5, 5.41) is 14.4. The third-order valence-electron chi connectivity index (χ3n) is 5.83. The highest BCUT2D eigenvalue weighted by Gasteiger charge is 2.38. The molecule has 0 saturated carbocycles. The summed E-state index contributed by atoms with van der Waals surface area (Å²) in [7, 11) is 0. The van der Waals surface area contributed by atoms with E-state index in [0.29, 0.717) is 27.0 Å². The smallest absolute Gasteiger partial charge is 0.144 e. The summed E-state index contributed by atoms with van der Waals surface area (Å²) in [6.45, 7) is 3.23. The quantitative estimate of drug-likeness (QED) is 0.700. The van der Waals surface area contributed by atoms with E-state index in [4.69, 9.17) is 27.9 Å². The van der Waals surface area contributed by atoms with Crippen molar-refractivity contribution in [1.82, 2.24) is 4.98 Å². The van der Waals surface area contributed by atoms with Gasteiger partial charge in [0.05, 0.1) is 28.0 Å². The summed E-state index contributed by atoms with van der Waals surface area (Å²) in [6.07, 6.45) is 3.13. The van der Waals surface area contributed by atoms with Crippen LogP contribution in [0.1, 0.15) is 25.0 Å². The number of ether oxygens (including phenoxy) is 1. The molecular formula is C20H21Cl2N3O3. The Morgan fingerprint density at radius 1 is 1.25 bits per heavy atom. The van der Waals surface area contributed by atoms with Crippen molar-refractivity contribution in [2.45, 2.75) is 25.8 Å². The Labute approximate surface area is 173 Å². The molecule has 2 aliphatic rings. The number of halogens is 2. The second-order valence-corrected chi connectivity index (χ2v) is 8.29. The molecule has 148 valence electrons. The molecule has 4 rings (SSSR count). The number of anilines is 1. The van der Waals surface area contributed by atoms with E-state index >= 15 is 0 Å². The highest BCUT2D eigenvalue weighted by Crippen LogP contribution is 2.43. The number of hydrogen-bond donors (Lipinski definition) is 1.